The fraction of sp³-hybridized carbons (Fsp3) is 0.467. The smallest absolute Gasteiger partial charge is 0.147 e. The number of ether oxygens (including phenoxy) is 2. The van der Waals surface area contributed by atoms with Gasteiger partial charge in [0.05, 0.1) is 13.2 Å². The van der Waals surface area contributed by atoms with Gasteiger partial charge in [0.25, 0.3) is 0 Å². The van der Waals surface area contributed by atoms with E-state index in [1.807, 2.05) is 50.2 Å². The quantitative estimate of drug-likeness (QED) is 0.205. The van der Waals surface area contributed by atoms with E-state index in [0.717, 1.165) is 22.3 Å². The van der Waals surface area contributed by atoms with Crippen molar-refractivity contribution in [2.45, 2.75) is 74.9 Å². The van der Waals surface area contributed by atoms with Crippen LogP contribution in [0.25, 0.3) is 11.1 Å². The van der Waals surface area contributed by atoms with E-state index in [1.165, 1.54) is 0 Å². The summed E-state index contributed by atoms with van der Waals surface area (Å²) < 4.78 is 10.9. The van der Waals surface area contributed by atoms with Crippen LogP contribution in [0.4, 0.5) is 0 Å². The molecule has 40 heavy (non-hydrogen) atoms. The molecule has 1 unspecified atom stereocenters. The van der Waals surface area contributed by atoms with E-state index in [4.69, 9.17) is 9.47 Å². The normalized spacial score (nSPS) is 33.9. The van der Waals surface area contributed by atoms with Crippen molar-refractivity contribution in [1.29, 1.82) is 0 Å². The molecule has 2 aromatic rings. The molecule has 0 saturated carbocycles. The molecule has 2 aliphatic heterocycles. The first-order valence-corrected chi connectivity index (χ1v) is 12.9. The first-order chi connectivity index (χ1) is 19.0. The zero-order valence-electron chi connectivity index (χ0n) is 22.0. The molecule has 2 fully saturated rings. The summed E-state index contributed by atoms with van der Waals surface area (Å²) in [6.07, 6.45) is -12.9. The van der Waals surface area contributed by atoms with Gasteiger partial charge in [-0.3, -0.25) is 0 Å². The predicted octanol–water partition coefficient (Wildman–Crippen LogP) is -1.64. The maximum atomic E-state index is 10.2. The maximum Gasteiger partial charge on any atom is 0.147 e. The van der Waals surface area contributed by atoms with Crippen LogP contribution in [0.1, 0.15) is 22.3 Å². The maximum absolute atomic E-state index is 10.2. The predicted molar refractivity (Wildman–Crippen MR) is 143 cm³/mol. The molecule has 214 valence electrons. The Morgan fingerprint density at radius 3 is 1.27 bits per heavy atom. The summed E-state index contributed by atoms with van der Waals surface area (Å²) in [6.45, 7) is 2.73. The summed E-state index contributed by atoms with van der Waals surface area (Å²) in [6, 6.07) is 11.3. The van der Waals surface area contributed by atoms with Gasteiger partial charge in [-0.25, -0.2) is 0 Å². The number of rotatable bonds is 3. The summed E-state index contributed by atoms with van der Waals surface area (Å²) in [4.78, 5) is 0. The van der Waals surface area contributed by atoms with E-state index < -0.39 is 74.3 Å². The van der Waals surface area contributed by atoms with Gasteiger partial charge in [0.2, 0.25) is 0 Å². The molecule has 2 aromatic carbocycles. The number of aryl methyl sites for hydroxylation is 2. The molecule has 10 atom stereocenters. The Kier molecular flexibility index (Phi) is 9.62. The van der Waals surface area contributed by atoms with Crippen LogP contribution < -0.4 is 0 Å². The van der Waals surface area contributed by atoms with Crippen LogP contribution in [0, 0.1) is 37.5 Å². The summed E-state index contributed by atoms with van der Waals surface area (Å²) in [7, 11) is 0. The average molecular weight is 555 g/mol. The van der Waals surface area contributed by atoms with Gasteiger partial charge in [-0.1, -0.05) is 47.9 Å². The first kappa shape index (κ1) is 30.1. The van der Waals surface area contributed by atoms with E-state index in [0.29, 0.717) is 11.1 Å². The van der Waals surface area contributed by atoms with E-state index in [1.54, 1.807) is 0 Å². The van der Waals surface area contributed by atoms with E-state index in [9.17, 15) is 40.9 Å². The van der Waals surface area contributed by atoms with Crippen molar-refractivity contribution in [3.63, 3.8) is 0 Å². The molecular weight excluding hydrogens is 520 g/mol. The van der Waals surface area contributed by atoms with Crippen LogP contribution in [0.15, 0.2) is 36.4 Å². The molecule has 2 saturated heterocycles. The van der Waals surface area contributed by atoms with Crippen LogP contribution in [0.2, 0.25) is 0 Å². The van der Waals surface area contributed by atoms with Gasteiger partial charge < -0.3 is 50.3 Å². The lowest BCUT2D eigenvalue weighted by Crippen LogP contribution is -2.58. The molecule has 2 aliphatic rings. The third kappa shape index (κ3) is 6.23. The number of hydrogen-bond acceptors (Lipinski definition) is 10. The molecule has 0 aliphatic carbocycles. The molecule has 8 N–H and O–H groups in total. The number of aliphatic hydroxyl groups excluding tert-OH is 8. The highest BCUT2D eigenvalue weighted by Crippen LogP contribution is 2.26. The number of benzene rings is 2. The highest BCUT2D eigenvalue weighted by atomic mass is 16.5. The lowest BCUT2D eigenvalue weighted by molar-refractivity contribution is -0.214. The lowest BCUT2D eigenvalue weighted by atomic mass is 9.94. The first-order valence-electron chi connectivity index (χ1n) is 12.9. The summed E-state index contributed by atoms with van der Waals surface area (Å²) >= 11 is 0. The molecular formula is C30H34O10. The molecule has 10 nitrogen and oxygen atoms in total. The van der Waals surface area contributed by atoms with E-state index in [2.05, 4.69) is 23.7 Å². The second-order valence-corrected chi connectivity index (χ2v) is 10.1. The van der Waals surface area contributed by atoms with Crippen molar-refractivity contribution >= 4 is 0 Å². The third-order valence-corrected chi connectivity index (χ3v) is 7.27. The fourth-order valence-corrected chi connectivity index (χ4v) is 4.71. The molecule has 0 radical (unpaired) electrons. The zero-order valence-corrected chi connectivity index (χ0v) is 22.0. The van der Waals surface area contributed by atoms with Gasteiger partial charge >= 0.3 is 0 Å². The molecule has 2 heterocycles. The number of aliphatic hydroxyl groups is 8. The standard InChI is InChI=1S/C30H34O10/c1-15-11-19(5-3-17(15)7-9-21-25(33)29(37)27(35)23(13-31)39-21)20-6-4-18(16(2)12-20)8-10-22-26(34)30(38)28(36)24(14-32)40-22/h3-6,11-12,21-38H,13-14H2,1-2H3/t21-,22-,23-,24-,25-,26-,27-,28-,29-,30?/m1/s1. The zero-order chi connectivity index (χ0) is 29.1. The minimum atomic E-state index is -1.48. The van der Waals surface area contributed by atoms with Crippen LogP contribution >= 0.6 is 0 Å². The second-order valence-electron chi connectivity index (χ2n) is 10.1. The van der Waals surface area contributed by atoms with Crippen molar-refractivity contribution < 1.29 is 50.3 Å². The van der Waals surface area contributed by atoms with Crippen LogP contribution in [-0.2, 0) is 9.47 Å². The summed E-state index contributed by atoms with van der Waals surface area (Å²) in [5, 5.41) is 78.9. The van der Waals surface area contributed by atoms with Crippen molar-refractivity contribution in [1.82, 2.24) is 0 Å². The average Bonchev–Trinajstić information content (AvgIpc) is 2.95. The monoisotopic (exact) mass is 554 g/mol. The van der Waals surface area contributed by atoms with Gasteiger partial charge in [0, 0.05) is 11.1 Å². The van der Waals surface area contributed by atoms with Crippen molar-refractivity contribution in [2.24, 2.45) is 0 Å². The molecule has 0 aromatic heterocycles. The van der Waals surface area contributed by atoms with Crippen LogP contribution in [-0.4, -0.2) is 115 Å². The Morgan fingerprint density at radius 1 is 0.575 bits per heavy atom. The SMILES string of the molecule is Cc1cc(-c2ccc(C#C[C@H]3O[C@H](CO)[C@@H](O)C(O)[C@@H]3O)c(C)c2)ccc1C#C[C@H]1O[C@H](CO)[C@@H](O)[C@H](O)[C@@H]1O. The summed E-state index contributed by atoms with van der Waals surface area (Å²) in [5.41, 5.74) is 4.93. The Labute approximate surface area is 232 Å². The van der Waals surface area contributed by atoms with Crippen molar-refractivity contribution in [2.75, 3.05) is 13.2 Å². The molecule has 0 spiro atoms. The summed E-state index contributed by atoms with van der Waals surface area (Å²) in [5.74, 6) is 11.5. The van der Waals surface area contributed by atoms with Gasteiger partial charge in [-0.15, -0.1) is 0 Å². The lowest BCUT2D eigenvalue weighted by Gasteiger charge is -2.37. The Balaban J connectivity index is 1.49. The van der Waals surface area contributed by atoms with Gasteiger partial charge in [0.1, 0.15) is 61.0 Å². The Bertz CT molecular complexity index is 1220. The Hall–Kier alpha value is -2.84. The van der Waals surface area contributed by atoms with E-state index in [-0.39, 0.29) is 0 Å². The fourth-order valence-electron chi connectivity index (χ4n) is 4.71. The second kappa shape index (κ2) is 12.8. The van der Waals surface area contributed by atoms with E-state index >= 15 is 0 Å². The minimum Gasteiger partial charge on any atom is -0.394 e. The molecule has 0 bridgehead atoms. The highest BCUT2D eigenvalue weighted by Gasteiger charge is 2.43. The van der Waals surface area contributed by atoms with Crippen LogP contribution in [0.3, 0.4) is 0 Å². The third-order valence-electron chi connectivity index (χ3n) is 7.27. The molecule has 10 heteroatoms. The van der Waals surface area contributed by atoms with Gasteiger partial charge in [-0.2, -0.15) is 0 Å². The Morgan fingerprint density at radius 2 is 0.950 bits per heavy atom. The van der Waals surface area contributed by atoms with Crippen LogP contribution in [0.5, 0.6) is 0 Å². The van der Waals surface area contributed by atoms with Crippen molar-refractivity contribution in [3.8, 4) is 34.8 Å². The van der Waals surface area contributed by atoms with Gasteiger partial charge in [0.15, 0.2) is 0 Å². The van der Waals surface area contributed by atoms with Gasteiger partial charge in [-0.05, 0) is 48.2 Å². The number of hydrogen-bond donors (Lipinski definition) is 8. The largest absolute Gasteiger partial charge is 0.394 e. The highest BCUT2D eigenvalue weighted by molar-refractivity contribution is 5.68. The topological polar surface area (TPSA) is 180 Å². The minimum absolute atomic E-state index is 0.519. The molecule has 4 rings (SSSR count). The van der Waals surface area contributed by atoms with Crippen molar-refractivity contribution in [3.05, 3.63) is 58.7 Å². The molecule has 0 amide bonds.